The highest BCUT2D eigenvalue weighted by Crippen LogP contribution is 2.20. The van der Waals surface area contributed by atoms with E-state index in [0.717, 1.165) is 17.1 Å². The molecule has 0 saturated carbocycles. The fourth-order valence-electron chi connectivity index (χ4n) is 1.70. The third-order valence-electron chi connectivity index (χ3n) is 3.05. The molecule has 0 bridgehead atoms. The van der Waals surface area contributed by atoms with Crippen molar-refractivity contribution >= 4 is 23.4 Å². The Balaban J connectivity index is 1.85. The van der Waals surface area contributed by atoms with E-state index in [1.165, 1.54) is 11.8 Å². The molecule has 1 aromatic heterocycles. The summed E-state index contributed by atoms with van der Waals surface area (Å²) in [7, 11) is 0. The van der Waals surface area contributed by atoms with Gasteiger partial charge in [-0.1, -0.05) is 62.9 Å². The molecule has 6 nitrogen and oxygen atoms in total. The average Bonchev–Trinajstić information content (AvgIpc) is 3.00. The van der Waals surface area contributed by atoms with Crippen LogP contribution in [0.4, 0.5) is 0 Å². The Bertz CT molecular complexity index is 688. The first-order valence-corrected chi connectivity index (χ1v) is 8.29. The summed E-state index contributed by atoms with van der Waals surface area (Å²) in [6.45, 7) is 8.01. The van der Waals surface area contributed by atoms with Crippen molar-refractivity contribution in [2.45, 2.75) is 38.3 Å². The molecule has 1 heterocycles. The number of nitrogens with one attached hydrogen (secondary N) is 2. The molecule has 0 spiro atoms. The predicted octanol–water partition coefficient (Wildman–Crippen LogP) is 2.73. The summed E-state index contributed by atoms with van der Waals surface area (Å²) in [5.41, 5.74) is 4.20. The Kier molecular flexibility index (Phi) is 5.54. The summed E-state index contributed by atoms with van der Waals surface area (Å²) in [4.78, 5) is 16.2. The zero-order valence-corrected chi connectivity index (χ0v) is 14.6. The summed E-state index contributed by atoms with van der Waals surface area (Å²) in [5.74, 6) is 0.832. The second kappa shape index (κ2) is 7.41. The quantitative estimate of drug-likeness (QED) is 0.501. The molecule has 122 valence electrons. The van der Waals surface area contributed by atoms with Crippen LogP contribution in [0.25, 0.3) is 0 Å². The Labute approximate surface area is 140 Å². The third-order valence-corrected chi connectivity index (χ3v) is 3.89. The van der Waals surface area contributed by atoms with Crippen LogP contribution in [0.1, 0.15) is 39.1 Å². The van der Waals surface area contributed by atoms with E-state index >= 15 is 0 Å². The van der Waals surface area contributed by atoms with Gasteiger partial charge < -0.3 is 0 Å². The lowest BCUT2D eigenvalue weighted by Gasteiger charge is -2.12. The highest BCUT2D eigenvalue weighted by Gasteiger charge is 2.19. The molecule has 0 radical (unpaired) electrons. The fourth-order valence-corrected chi connectivity index (χ4v) is 2.29. The summed E-state index contributed by atoms with van der Waals surface area (Å²) in [5, 5.41) is 11.7. The summed E-state index contributed by atoms with van der Waals surface area (Å²) >= 11 is 1.28. The fraction of sp³-hybridized carbons (Fsp3) is 0.375. The Hall–Kier alpha value is -2.15. The van der Waals surface area contributed by atoms with Crippen molar-refractivity contribution in [2.24, 2.45) is 5.10 Å². The molecule has 2 rings (SSSR count). The minimum Gasteiger partial charge on any atom is -0.272 e. The van der Waals surface area contributed by atoms with Gasteiger partial charge in [0.15, 0.2) is 0 Å². The summed E-state index contributed by atoms with van der Waals surface area (Å²) in [6, 6.07) is 9.70. The van der Waals surface area contributed by atoms with Gasteiger partial charge in [0.25, 0.3) is 5.91 Å². The van der Waals surface area contributed by atoms with Gasteiger partial charge in [-0.05, 0) is 12.5 Å². The maximum atomic E-state index is 11.9. The van der Waals surface area contributed by atoms with E-state index in [1.807, 2.05) is 37.3 Å². The van der Waals surface area contributed by atoms with Gasteiger partial charge in [-0.2, -0.15) is 5.10 Å². The monoisotopic (exact) mass is 331 g/mol. The van der Waals surface area contributed by atoms with Crippen LogP contribution in [-0.2, 0) is 10.2 Å². The van der Waals surface area contributed by atoms with Crippen LogP contribution >= 0.6 is 11.8 Å². The van der Waals surface area contributed by atoms with Gasteiger partial charge in [-0.25, -0.2) is 10.4 Å². The standard InChI is InChI=1S/C16H21N5OS/c1-11(12-8-6-5-7-9-12)18-19-13(22)10-23-15-17-14(20-21-15)16(2,3)4/h5-9H,10H2,1-4H3,(H,19,22)(H,17,20,21). The van der Waals surface area contributed by atoms with Crippen LogP contribution in [0.2, 0.25) is 0 Å². The molecular formula is C16H21N5OS. The lowest BCUT2D eigenvalue weighted by Crippen LogP contribution is -2.21. The van der Waals surface area contributed by atoms with E-state index in [1.54, 1.807) is 0 Å². The molecule has 1 amide bonds. The zero-order chi connectivity index (χ0) is 16.9. The molecule has 0 atom stereocenters. The molecule has 7 heteroatoms. The number of amides is 1. The minimum atomic E-state index is -0.188. The predicted molar refractivity (Wildman–Crippen MR) is 92.6 cm³/mol. The number of hydrogen-bond donors (Lipinski definition) is 2. The molecule has 2 N–H and O–H groups in total. The number of carbonyl (C=O) groups excluding carboxylic acids is 1. The third kappa shape index (κ3) is 5.21. The molecule has 0 unspecified atom stereocenters. The number of aromatic nitrogens is 3. The number of hydrogen-bond acceptors (Lipinski definition) is 5. The Morgan fingerprint density at radius 3 is 2.61 bits per heavy atom. The molecule has 0 saturated heterocycles. The second-order valence-corrected chi connectivity index (χ2v) is 7.05. The zero-order valence-electron chi connectivity index (χ0n) is 13.8. The largest absolute Gasteiger partial charge is 0.272 e. The van der Waals surface area contributed by atoms with Crippen molar-refractivity contribution in [2.75, 3.05) is 5.75 Å². The molecular weight excluding hydrogens is 310 g/mol. The SMILES string of the molecule is CC(=NNC(=O)CSc1n[nH]c(C(C)(C)C)n1)c1ccccc1. The highest BCUT2D eigenvalue weighted by molar-refractivity contribution is 7.99. The van der Waals surface area contributed by atoms with Gasteiger partial charge >= 0.3 is 0 Å². The molecule has 0 aliphatic carbocycles. The number of carbonyl (C=O) groups is 1. The molecule has 2 aromatic rings. The van der Waals surface area contributed by atoms with E-state index in [4.69, 9.17) is 0 Å². The van der Waals surface area contributed by atoms with Crippen LogP contribution in [0.15, 0.2) is 40.6 Å². The molecule has 0 aliphatic heterocycles. The van der Waals surface area contributed by atoms with Gasteiger partial charge in [0.1, 0.15) is 5.82 Å². The van der Waals surface area contributed by atoms with Crippen molar-refractivity contribution in [3.05, 3.63) is 41.7 Å². The molecule has 1 aromatic carbocycles. The lowest BCUT2D eigenvalue weighted by molar-refractivity contribution is -0.118. The first kappa shape index (κ1) is 17.2. The first-order chi connectivity index (χ1) is 10.9. The van der Waals surface area contributed by atoms with Crippen LogP contribution in [0.5, 0.6) is 0 Å². The molecule has 0 fully saturated rings. The number of benzene rings is 1. The van der Waals surface area contributed by atoms with Crippen LogP contribution in [0, 0.1) is 0 Å². The van der Waals surface area contributed by atoms with Crippen molar-refractivity contribution in [1.82, 2.24) is 20.6 Å². The Morgan fingerprint density at radius 2 is 2.00 bits per heavy atom. The van der Waals surface area contributed by atoms with Gasteiger partial charge in [0.2, 0.25) is 5.16 Å². The van der Waals surface area contributed by atoms with Crippen LogP contribution in [-0.4, -0.2) is 32.6 Å². The van der Waals surface area contributed by atoms with Gasteiger partial charge in [0.05, 0.1) is 11.5 Å². The second-order valence-electron chi connectivity index (χ2n) is 6.10. The summed E-state index contributed by atoms with van der Waals surface area (Å²) < 4.78 is 0. The molecule has 0 aliphatic rings. The lowest BCUT2D eigenvalue weighted by atomic mass is 9.96. The minimum absolute atomic E-state index is 0.0921. The maximum Gasteiger partial charge on any atom is 0.250 e. The average molecular weight is 331 g/mol. The van der Waals surface area contributed by atoms with E-state index in [-0.39, 0.29) is 17.1 Å². The number of thioether (sulfide) groups is 1. The van der Waals surface area contributed by atoms with Crippen molar-refractivity contribution < 1.29 is 4.79 Å². The van der Waals surface area contributed by atoms with Crippen molar-refractivity contribution in [3.63, 3.8) is 0 Å². The van der Waals surface area contributed by atoms with E-state index in [2.05, 4.69) is 46.5 Å². The first-order valence-electron chi connectivity index (χ1n) is 7.30. The smallest absolute Gasteiger partial charge is 0.250 e. The van der Waals surface area contributed by atoms with Gasteiger partial charge in [-0.15, -0.1) is 5.10 Å². The number of aromatic amines is 1. The maximum absolute atomic E-state index is 11.9. The molecule has 23 heavy (non-hydrogen) atoms. The number of nitrogens with zero attached hydrogens (tertiary/aromatic N) is 3. The van der Waals surface area contributed by atoms with Crippen molar-refractivity contribution in [1.29, 1.82) is 0 Å². The van der Waals surface area contributed by atoms with E-state index < -0.39 is 0 Å². The van der Waals surface area contributed by atoms with Gasteiger partial charge in [-0.3, -0.25) is 9.89 Å². The number of hydrazone groups is 1. The van der Waals surface area contributed by atoms with E-state index in [0.29, 0.717) is 5.16 Å². The summed E-state index contributed by atoms with van der Waals surface area (Å²) in [6.07, 6.45) is 0. The van der Waals surface area contributed by atoms with Crippen LogP contribution in [0.3, 0.4) is 0 Å². The number of rotatable bonds is 5. The topological polar surface area (TPSA) is 83.0 Å². The Morgan fingerprint density at radius 1 is 1.30 bits per heavy atom. The van der Waals surface area contributed by atoms with Crippen LogP contribution < -0.4 is 5.43 Å². The van der Waals surface area contributed by atoms with Crippen molar-refractivity contribution in [3.8, 4) is 0 Å². The number of H-pyrrole nitrogens is 1. The van der Waals surface area contributed by atoms with E-state index in [9.17, 15) is 4.79 Å². The van der Waals surface area contributed by atoms with Gasteiger partial charge in [0, 0.05) is 5.41 Å². The normalized spacial score (nSPS) is 12.3. The highest BCUT2D eigenvalue weighted by atomic mass is 32.2.